The van der Waals surface area contributed by atoms with Crippen LogP contribution in [0.25, 0.3) is 0 Å². The van der Waals surface area contributed by atoms with Crippen LogP contribution in [-0.2, 0) is 9.53 Å². The fraction of sp³-hybridized carbons (Fsp3) is 0.455. The molecule has 1 N–H and O–H groups in total. The van der Waals surface area contributed by atoms with Gasteiger partial charge in [0.1, 0.15) is 5.82 Å². The Hall–Kier alpha value is -1.58. The van der Waals surface area contributed by atoms with Crippen molar-refractivity contribution < 1.29 is 9.53 Å². The number of carbonyl (C=O) groups excluding carboxylic acids is 1. The molecule has 1 heterocycles. The fourth-order valence-corrected chi connectivity index (χ4v) is 1.18. The third-order valence-corrected chi connectivity index (χ3v) is 2.11. The number of nitrogens with zero attached hydrogens (tertiary/aromatic N) is 1. The summed E-state index contributed by atoms with van der Waals surface area (Å²) in [6.45, 7) is 4.34. The van der Waals surface area contributed by atoms with Gasteiger partial charge in [0.2, 0.25) is 0 Å². The number of pyridine rings is 1. The van der Waals surface area contributed by atoms with Crippen LogP contribution in [0.3, 0.4) is 0 Å². The van der Waals surface area contributed by atoms with Crippen molar-refractivity contribution in [2.24, 2.45) is 5.92 Å². The molecule has 1 atom stereocenters. The molecule has 0 bridgehead atoms. The first kappa shape index (κ1) is 11.5. The van der Waals surface area contributed by atoms with Crippen LogP contribution >= 0.6 is 0 Å². The van der Waals surface area contributed by atoms with Gasteiger partial charge in [-0.3, -0.25) is 4.79 Å². The number of ether oxygens (including phenoxy) is 1. The van der Waals surface area contributed by atoms with Gasteiger partial charge in [-0.25, -0.2) is 4.98 Å². The van der Waals surface area contributed by atoms with Gasteiger partial charge in [-0.2, -0.15) is 0 Å². The molecule has 0 aliphatic carbocycles. The fourth-order valence-electron chi connectivity index (χ4n) is 1.18. The molecule has 0 fully saturated rings. The van der Waals surface area contributed by atoms with E-state index in [1.165, 1.54) is 7.11 Å². The number of methoxy groups -OCH3 is 1. The number of carbonyl (C=O) groups is 1. The second kappa shape index (κ2) is 5.34. The molecular weight excluding hydrogens is 192 g/mol. The molecular formula is C11H16N2O2. The molecule has 0 aromatic carbocycles. The number of aryl methyl sites for hydroxylation is 1. The lowest BCUT2D eigenvalue weighted by Crippen LogP contribution is -2.21. The van der Waals surface area contributed by atoms with Gasteiger partial charge in [0.05, 0.1) is 13.0 Å². The summed E-state index contributed by atoms with van der Waals surface area (Å²) in [5.74, 6) is 0.401. The van der Waals surface area contributed by atoms with Crippen LogP contribution in [-0.4, -0.2) is 24.6 Å². The monoisotopic (exact) mass is 208 g/mol. The highest BCUT2D eigenvalue weighted by atomic mass is 16.5. The summed E-state index contributed by atoms with van der Waals surface area (Å²) < 4.78 is 4.62. The summed E-state index contributed by atoms with van der Waals surface area (Å²) in [6.07, 6.45) is 1.74. The van der Waals surface area contributed by atoms with E-state index in [0.29, 0.717) is 6.54 Å². The summed E-state index contributed by atoms with van der Waals surface area (Å²) in [6, 6.07) is 3.86. The maximum absolute atomic E-state index is 11.1. The lowest BCUT2D eigenvalue weighted by atomic mass is 10.2. The van der Waals surface area contributed by atoms with Gasteiger partial charge in [0.25, 0.3) is 0 Å². The molecule has 0 aliphatic rings. The molecule has 0 saturated heterocycles. The minimum atomic E-state index is -0.213. The summed E-state index contributed by atoms with van der Waals surface area (Å²) in [5.41, 5.74) is 1.14. The van der Waals surface area contributed by atoms with E-state index in [1.807, 2.05) is 26.0 Å². The van der Waals surface area contributed by atoms with Gasteiger partial charge in [-0.1, -0.05) is 6.92 Å². The van der Waals surface area contributed by atoms with Crippen molar-refractivity contribution in [2.45, 2.75) is 13.8 Å². The number of esters is 1. The Morgan fingerprint density at radius 3 is 3.00 bits per heavy atom. The molecule has 1 rings (SSSR count). The first-order valence-electron chi connectivity index (χ1n) is 4.88. The van der Waals surface area contributed by atoms with Crippen LogP contribution in [0.1, 0.15) is 12.5 Å². The van der Waals surface area contributed by atoms with Crippen LogP contribution in [0.2, 0.25) is 0 Å². The van der Waals surface area contributed by atoms with Gasteiger partial charge < -0.3 is 10.1 Å². The Kier molecular flexibility index (Phi) is 4.09. The smallest absolute Gasteiger partial charge is 0.310 e. The highest BCUT2D eigenvalue weighted by Crippen LogP contribution is 2.06. The second-order valence-corrected chi connectivity index (χ2v) is 3.52. The molecule has 0 amide bonds. The Labute approximate surface area is 89.7 Å². The Balaban J connectivity index is 2.47. The van der Waals surface area contributed by atoms with Crippen LogP contribution in [0.15, 0.2) is 18.3 Å². The quantitative estimate of drug-likeness (QED) is 0.764. The Bertz CT molecular complexity index is 339. The molecule has 1 unspecified atom stereocenters. The number of hydrogen-bond acceptors (Lipinski definition) is 4. The zero-order chi connectivity index (χ0) is 11.3. The summed E-state index contributed by atoms with van der Waals surface area (Å²) in [4.78, 5) is 15.3. The molecule has 0 spiro atoms. The van der Waals surface area contributed by atoms with E-state index in [2.05, 4.69) is 15.0 Å². The maximum Gasteiger partial charge on any atom is 0.310 e. The third-order valence-electron chi connectivity index (χ3n) is 2.11. The number of rotatable bonds is 4. The molecule has 82 valence electrons. The summed E-state index contributed by atoms with van der Waals surface area (Å²) in [5, 5.41) is 3.09. The molecule has 0 aliphatic heterocycles. The van der Waals surface area contributed by atoms with E-state index < -0.39 is 0 Å². The zero-order valence-corrected chi connectivity index (χ0v) is 9.28. The number of nitrogens with one attached hydrogen (secondary N) is 1. The van der Waals surface area contributed by atoms with Crippen LogP contribution in [0.5, 0.6) is 0 Å². The van der Waals surface area contributed by atoms with Gasteiger partial charge in [0.15, 0.2) is 0 Å². The highest BCUT2D eigenvalue weighted by Gasteiger charge is 2.12. The third kappa shape index (κ3) is 3.58. The Morgan fingerprint density at radius 1 is 1.67 bits per heavy atom. The van der Waals surface area contributed by atoms with Crippen molar-refractivity contribution in [3.8, 4) is 0 Å². The van der Waals surface area contributed by atoms with Crippen molar-refractivity contribution in [3.05, 3.63) is 23.9 Å². The molecule has 0 radical (unpaired) electrons. The second-order valence-electron chi connectivity index (χ2n) is 3.52. The number of hydrogen-bond donors (Lipinski definition) is 1. The number of aromatic nitrogens is 1. The van der Waals surface area contributed by atoms with Gasteiger partial charge in [-0.15, -0.1) is 0 Å². The topological polar surface area (TPSA) is 51.2 Å². The summed E-state index contributed by atoms with van der Waals surface area (Å²) in [7, 11) is 1.39. The average molecular weight is 208 g/mol. The SMILES string of the molecule is COC(=O)C(C)CNc1cc(C)ccn1. The predicted molar refractivity (Wildman–Crippen MR) is 58.6 cm³/mol. The van der Waals surface area contributed by atoms with E-state index in [-0.39, 0.29) is 11.9 Å². The van der Waals surface area contributed by atoms with Crippen molar-refractivity contribution in [1.82, 2.24) is 4.98 Å². The maximum atomic E-state index is 11.1. The molecule has 1 aromatic rings. The molecule has 0 saturated carbocycles. The molecule has 4 heteroatoms. The van der Waals surface area contributed by atoms with E-state index in [1.54, 1.807) is 6.20 Å². The van der Waals surface area contributed by atoms with Crippen LogP contribution in [0.4, 0.5) is 5.82 Å². The van der Waals surface area contributed by atoms with Crippen molar-refractivity contribution in [3.63, 3.8) is 0 Å². The standard InChI is InChI=1S/C11H16N2O2/c1-8-4-5-12-10(6-8)13-7-9(2)11(14)15-3/h4-6,9H,7H2,1-3H3,(H,12,13). The van der Waals surface area contributed by atoms with E-state index >= 15 is 0 Å². The van der Waals surface area contributed by atoms with E-state index in [0.717, 1.165) is 11.4 Å². The first-order valence-corrected chi connectivity index (χ1v) is 4.88. The highest BCUT2D eigenvalue weighted by molar-refractivity contribution is 5.72. The average Bonchev–Trinajstić information content (AvgIpc) is 2.25. The molecule has 4 nitrogen and oxygen atoms in total. The molecule has 15 heavy (non-hydrogen) atoms. The van der Waals surface area contributed by atoms with Crippen molar-refractivity contribution in [2.75, 3.05) is 19.0 Å². The first-order chi connectivity index (χ1) is 7.13. The number of anilines is 1. The van der Waals surface area contributed by atoms with Crippen molar-refractivity contribution >= 4 is 11.8 Å². The minimum absolute atomic E-state index is 0.169. The lowest BCUT2D eigenvalue weighted by Gasteiger charge is -2.10. The van der Waals surface area contributed by atoms with Gasteiger partial charge in [-0.05, 0) is 24.6 Å². The van der Waals surface area contributed by atoms with E-state index in [4.69, 9.17) is 0 Å². The van der Waals surface area contributed by atoms with Gasteiger partial charge >= 0.3 is 5.97 Å². The van der Waals surface area contributed by atoms with Crippen LogP contribution in [0, 0.1) is 12.8 Å². The summed E-state index contributed by atoms with van der Waals surface area (Å²) >= 11 is 0. The lowest BCUT2D eigenvalue weighted by molar-refractivity contribution is -0.144. The van der Waals surface area contributed by atoms with Gasteiger partial charge in [0, 0.05) is 12.7 Å². The zero-order valence-electron chi connectivity index (χ0n) is 9.28. The predicted octanol–water partition coefficient (Wildman–Crippen LogP) is 1.61. The van der Waals surface area contributed by atoms with E-state index in [9.17, 15) is 4.79 Å². The minimum Gasteiger partial charge on any atom is -0.469 e. The van der Waals surface area contributed by atoms with Crippen LogP contribution < -0.4 is 5.32 Å². The largest absolute Gasteiger partial charge is 0.469 e. The molecule has 1 aromatic heterocycles. The van der Waals surface area contributed by atoms with Crippen molar-refractivity contribution in [1.29, 1.82) is 0 Å². The Morgan fingerprint density at radius 2 is 2.40 bits per heavy atom. The normalized spacial score (nSPS) is 11.9.